The summed E-state index contributed by atoms with van der Waals surface area (Å²) in [6, 6.07) is 6.04. The quantitative estimate of drug-likeness (QED) is 0.408. The lowest BCUT2D eigenvalue weighted by molar-refractivity contribution is -0.143. The van der Waals surface area contributed by atoms with E-state index in [0.29, 0.717) is 18.4 Å². The van der Waals surface area contributed by atoms with Crippen molar-refractivity contribution >= 4 is 23.9 Å². The van der Waals surface area contributed by atoms with Gasteiger partial charge in [-0.3, -0.25) is 19.7 Å². The molecule has 1 aromatic rings. The minimum absolute atomic E-state index is 0.125. The molecule has 6 N–H and O–H groups in total. The van der Waals surface area contributed by atoms with Gasteiger partial charge in [0.05, 0.1) is 17.4 Å². The van der Waals surface area contributed by atoms with Crippen LogP contribution in [0.15, 0.2) is 24.3 Å². The zero-order valence-corrected chi connectivity index (χ0v) is 16.5. The van der Waals surface area contributed by atoms with Gasteiger partial charge in [-0.1, -0.05) is 38.1 Å². The maximum absolute atomic E-state index is 12.5. The van der Waals surface area contributed by atoms with Gasteiger partial charge in [0, 0.05) is 13.0 Å². The lowest BCUT2D eigenvalue weighted by atomic mass is 9.71. The highest BCUT2D eigenvalue weighted by atomic mass is 16.4. The Bertz CT molecular complexity index is 794. The first-order valence-electron chi connectivity index (χ1n) is 9.53. The molecule has 158 valence electrons. The van der Waals surface area contributed by atoms with Gasteiger partial charge >= 0.3 is 12.1 Å². The van der Waals surface area contributed by atoms with E-state index in [1.165, 1.54) is 0 Å². The number of hydrogen-bond acceptors (Lipinski definition) is 5. The zero-order valence-electron chi connectivity index (χ0n) is 16.5. The summed E-state index contributed by atoms with van der Waals surface area (Å²) in [7, 11) is 0. The second-order valence-electron chi connectivity index (χ2n) is 7.40. The van der Waals surface area contributed by atoms with Crippen LogP contribution in [0.2, 0.25) is 0 Å². The Morgan fingerprint density at radius 1 is 1.24 bits per heavy atom. The molecule has 0 aliphatic carbocycles. The number of carbonyl (C=O) groups excluding carboxylic acids is 2. The first kappa shape index (κ1) is 22.4. The van der Waals surface area contributed by atoms with E-state index in [2.05, 4.69) is 10.6 Å². The number of amides is 3. The normalized spacial score (nSPS) is 22.3. The number of hydrogen-bond donors (Lipinski definition) is 5. The van der Waals surface area contributed by atoms with Gasteiger partial charge in [0.25, 0.3) is 0 Å². The number of rotatable bonds is 8. The number of carboxylic acids is 1. The Labute approximate surface area is 168 Å². The average Bonchev–Trinajstić information content (AvgIpc) is 2.67. The maximum Gasteiger partial charge on any atom is 0.405 e. The number of carboxylic acid groups (broad SMARTS) is 2. The van der Waals surface area contributed by atoms with Crippen molar-refractivity contribution in [3.8, 4) is 0 Å². The van der Waals surface area contributed by atoms with Gasteiger partial charge < -0.3 is 21.3 Å². The smallest absolute Gasteiger partial charge is 0.405 e. The van der Waals surface area contributed by atoms with Gasteiger partial charge in [-0.2, -0.15) is 0 Å². The summed E-state index contributed by atoms with van der Waals surface area (Å²) in [5.41, 5.74) is 6.05. The second-order valence-corrected chi connectivity index (χ2v) is 7.40. The number of imide groups is 1. The molecule has 0 radical (unpaired) electrons. The molecule has 1 aliphatic rings. The van der Waals surface area contributed by atoms with Crippen molar-refractivity contribution < 1.29 is 29.4 Å². The van der Waals surface area contributed by atoms with E-state index in [9.17, 15) is 29.4 Å². The molecule has 1 aliphatic heterocycles. The molecule has 1 fully saturated rings. The van der Waals surface area contributed by atoms with Crippen molar-refractivity contribution in [2.45, 2.75) is 44.6 Å². The SMILES string of the molecule is CCC1(c2ccc(C(NC(=O)O)C(C)C(CN)C(=O)O)cc2)CCC(=O)NC1=O. The molecule has 29 heavy (non-hydrogen) atoms. The maximum atomic E-state index is 12.5. The summed E-state index contributed by atoms with van der Waals surface area (Å²) in [6.07, 6.45) is -0.123. The fourth-order valence-corrected chi connectivity index (χ4v) is 4.00. The van der Waals surface area contributed by atoms with Crippen LogP contribution in [0.1, 0.15) is 50.3 Å². The number of nitrogens with one attached hydrogen (secondary N) is 2. The molecule has 1 heterocycles. The van der Waals surface area contributed by atoms with Crippen LogP contribution < -0.4 is 16.4 Å². The highest BCUT2D eigenvalue weighted by Gasteiger charge is 2.42. The minimum Gasteiger partial charge on any atom is -0.481 e. The van der Waals surface area contributed by atoms with Crippen LogP contribution in [0.3, 0.4) is 0 Å². The summed E-state index contributed by atoms with van der Waals surface area (Å²) in [5, 5.41) is 23.4. The van der Waals surface area contributed by atoms with Crippen LogP contribution in [0, 0.1) is 11.8 Å². The number of carbonyl (C=O) groups is 4. The number of aliphatic carboxylic acids is 1. The number of nitrogens with two attached hydrogens (primary N) is 1. The van der Waals surface area contributed by atoms with E-state index in [1.807, 2.05) is 6.92 Å². The summed E-state index contributed by atoms with van der Waals surface area (Å²) in [6.45, 7) is 3.38. The van der Waals surface area contributed by atoms with Crippen LogP contribution >= 0.6 is 0 Å². The monoisotopic (exact) mass is 405 g/mol. The van der Waals surface area contributed by atoms with Gasteiger partial charge in [0.2, 0.25) is 11.8 Å². The minimum atomic E-state index is -1.28. The van der Waals surface area contributed by atoms with E-state index in [4.69, 9.17) is 5.73 Å². The Balaban J connectivity index is 2.38. The van der Waals surface area contributed by atoms with Crippen LogP contribution in [0.4, 0.5) is 4.79 Å². The summed E-state index contributed by atoms with van der Waals surface area (Å²) >= 11 is 0. The Kier molecular flexibility index (Phi) is 6.97. The van der Waals surface area contributed by atoms with Crippen molar-refractivity contribution in [2.75, 3.05) is 6.54 Å². The van der Waals surface area contributed by atoms with Gasteiger partial charge in [-0.05, 0) is 29.9 Å². The van der Waals surface area contributed by atoms with E-state index >= 15 is 0 Å². The fourth-order valence-electron chi connectivity index (χ4n) is 4.00. The molecular weight excluding hydrogens is 378 g/mol. The molecule has 4 atom stereocenters. The summed E-state index contributed by atoms with van der Waals surface area (Å²) < 4.78 is 0. The standard InChI is InChI=1S/C20H27N3O6/c1-3-20(9-8-15(24)22-18(20)27)13-6-4-12(5-7-13)16(23-19(28)29)11(2)14(10-21)17(25)26/h4-7,11,14,16,23H,3,8-10,21H2,1-2H3,(H,25,26)(H,28,29)(H,22,24,27). The van der Waals surface area contributed by atoms with Gasteiger partial charge in [0.15, 0.2) is 0 Å². The van der Waals surface area contributed by atoms with Crippen LogP contribution in [-0.4, -0.2) is 40.6 Å². The first-order valence-corrected chi connectivity index (χ1v) is 9.53. The van der Waals surface area contributed by atoms with E-state index in [1.54, 1.807) is 31.2 Å². The molecule has 1 saturated heterocycles. The molecule has 2 rings (SSSR count). The lowest BCUT2D eigenvalue weighted by Crippen LogP contribution is -2.51. The molecule has 3 amide bonds. The highest BCUT2D eigenvalue weighted by Crippen LogP contribution is 2.37. The zero-order chi connectivity index (χ0) is 21.8. The second kappa shape index (κ2) is 9.04. The lowest BCUT2D eigenvalue weighted by Gasteiger charge is -2.35. The van der Waals surface area contributed by atoms with Crippen molar-refractivity contribution in [3.05, 3.63) is 35.4 Å². The Hall–Kier alpha value is -2.94. The number of piperidine rings is 1. The first-order chi connectivity index (χ1) is 13.7. The highest BCUT2D eigenvalue weighted by molar-refractivity contribution is 6.03. The van der Waals surface area contributed by atoms with Gasteiger partial charge in [0.1, 0.15) is 0 Å². The van der Waals surface area contributed by atoms with Crippen LogP contribution in [0.5, 0.6) is 0 Å². The third-order valence-electron chi connectivity index (χ3n) is 5.90. The molecule has 0 spiro atoms. The molecule has 9 heteroatoms. The third-order valence-corrected chi connectivity index (χ3v) is 5.90. The van der Waals surface area contributed by atoms with Crippen molar-refractivity contribution in [2.24, 2.45) is 17.6 Å². The van der Waals surface area contributed by atoms with Crippen molar-refractivity contribution in [1.29, 1.82) is 0 Å². The van der Waals surface area contributed by atoms with E-state index in [0.717, 1.165) is 5.56 Å². The molecule has 0 aromatic heterocycles. The number of benzene rings is 1. The Morgan fingerprint density at radius 2 is 1.86 bits per heavy atom. The molecular formula is C20H27N3O6. The molecule has 9 nitrogen and oxygen atoms in total. The van der Waals surface area contributed by atoms with E-state index in [-0.39, 0.29) is 24.8 Å². The van der Waals surface area contributed by atoms with E-state index < -0.39 is 35.4 Å². The molecule has 0 saturated carbocycles. The van der Waals surface area contributed by atoms with Crippen LogP contribution in [-0.2, 0) is 19.8 Å². The molecule has 4 unspecified atom stereocenters. The summed E-state index contributed by atoms with van der Waals surface area (Å²) in [5.74, 6) is -3.26. The fraction of sp³-hybridized carbons (Fsp3) is 0.500. The largest absolute Gasteiger partial charge is 0.481 e. The predicted octanol–water partition coefficient (Wildman–Crippen LogP) is 1.38. The topological polar surface area (TPSA) is 159 Å². The predicted molar refractivity (Wildman–Crippen MR) is 104 cm³/mol. The Morgan fingerprint density at radius 3 is 2.31 bits per heavy atom. The van der Waals surface area contributed by atoms with Gasteiger partial charge in [-0.15, -0.1) is 0 Å². The van der Waals surface area contributed by atoms with Gasteiger partial charge in [-0.25, -0.2) is 4.79 Å². The molecule has 1 aromatic carbocycles. The average molecular weight is 405 g/mol. The van der Waals surface area contributed by atoms with Crippen molar-refractivity contribution in [1.82, 2.24) is 10.6 Å². The third kappa shape index (κ3) is 4.56. The van der Waals surface area contributed by atoms with Crippen LogP contribution in [0.25, 0.3) is 0 Å². The summed E-state index contributed by atoms with van der Waals surface area (Å²) in [4.78, 5) is 46.8. The molecule has 0 bridgehead atoms. The van der Waals surface area contributed by atoms with Crippen molar-refractivity contribution in [3.63, 3.8) is 0 Å².